The largest absolute Gasteiger partial charge is 1.00 e. The van der Waals surface area contributed by atoms with Gasteiger partial charge in [0.15, 0.2) is 0 Å². The van der Waals surface area contributed by atoms with Gasteiger partial charge in [0.05, 0.1) is 17.7 Å². The molecule has 0 spiro atoms. The van der Waals surface area contributed by atoms with E-state index in [0.717, 1.165) is 35.4 Å². The van der Waals surface area contributed by atoms with E-state index in [9.17, 15) is 9.59 Å². The molecule has 1 aliphatic rings. The number of rotatable bonds is 7. The van der Waals surface area contributed by atoms with Crippen LogP contribution in [-0.4, -0.2) is 41.6 Å². The van der Waals surface area contributed by atoms with E-state index < -0.39 is 10.5 Å². The molecule has 1 unspecified atom stereocenters. The van der Waals surface area contributed by atoms with Crippen LogP contribution >= 0.6 is 11.8 Å². The number of thioether (sulfide) groups is 1. The normalized spacial score (nSPS) is 16.0. The van der Waals surface area contributed by atoms with Crippen LogP contribution in [0.2, 0.25) is 0 Å². The summed E-state index contributed by atoms with van der Waals surface area (Å²) in [5.41, 5.74) is 0.980. The number of aromatic nitrogens is 1. The van der Waals surface area contributed by atoms with Gasteiger partial charge >= 0.3 is 18.9 Å². The zero-order chi connectivity index (χ0) is 17.6. The summed E-state index contributed by atoms with van der Waals surface area (Å²) in [7, 11) is 1.97. The molecule has 1 aromatic carbocycles. The Morgan fingerprint density at radius 1 is 1.19 bits per heavy atom. The third-order valence-corrected chi connectivity index (χ3v) is 4.75. The zero-order valence-electron chi connectivity index (χ0n) is 14.8. The number of ether oxygens (including phenoxy) is 1. The fourth-order valence-corrected chi connectivity index (χ4v) is 3.24. The Bertz CT molecular complexity index is 743. The van der Waals surface area contributed by atoms with Gasteiger partial charge in [-0.3, -0.25) is 0 Å². The van der Waals surface area contributed by atoms with Crippen LogP contribution in [0.5, 0.6) is 5.75 Å². The Kier molecular flexibility index (Phi) is 7.58. The van der Waals surface area contributed by atoms with Crippen molar-refractivity contribution in [3.8, 4) is 5.75 Å². The van der Waals surface area contributed by atoms with Crippen molar-refractivity contribution in [2.75, 3.05) is 25.1 Å². The predicted octanol–water partition coefficient (Wildman–Crippen LogP) is 0.279. The van der Waals surface area contributed by atoms with Gasteiger partial charge < -0.3 is 24.5 Å². The van der Waals surface area contributed by atoms with Gasteiger partial charge in [0.2, 0.25) is 0 Å². The van der Waals surface area contributed by atoms with E-state index in [-0.39, 0.29) is 24.8 Å². The van der Waals surface area contributed by atoms with Gasteiger partial charge in [0.25, 0.3) is 0 Å². The number of hydrogen-bond acceptors (Lipinski definition) is 6. The van der Waals surface area contributed by atoms with Crippen LogP contribution in [0.25, 0.3) is 5.32 Å². The molecule has 1 saturated heterocycles. The molecular weight excluding hydrogens is 345 g/mol. The summed E-state index contributed by atoms with van der Waals surface area (Å²) in [4.78, 5) is 29.0. The van der Waals surface area contributed by atoms with Gasteiger partial charge in [-0.2, -0.15) is 0 Å². The van der Waals surface area contributed by atoms with Crippen molar-refractivity contribution >= 4 is 28.7 Å². The molecule has 1 aliphatic heterocycles. The van der Waals surface area contributed by atoms with Crippen molar-refractivity contribution in [3.05, 3.63) is 59.5 Å². The summed E-state index contributed by atoms with van der Waals surface area (Å²) in [6, 6.07) is 13.4. The number of carbonyl (C=O) groups is 2. The van der Waals surface area contributed by atoms with Crippen LogP contribution in [-0.2, 0) is 11.2 Å². The Hall–Kier alpha value is -1.94. The number of likely N-dealkylation sites (N-methyl/N-ethyl adjacent to an activating group) is 1. The van der Waals surface area contributed by atoms with Gasteiger partial charge in [-0.1, -0.05) is 30.0 Å². The van der Waals surface area contributed by atoms with Crippen LogP contribution in [0.15, 0.2) is 48.7 Å². The van der Waals surface area contributed by atoms with E-state index in [1.165, 1.54) is 0 Å². The number of nitrogens with zero attached hydrogens (tertiary/aromatic N) is 3. The summed E-state index contributed by atoms with van der Waals surface area (Å²) >= 11 is 0.990. The van der Waals surface area contributed by atoms with Crippen LogP contribution < -0.4 is 28.5 Å². The molecular formula is C18H18LiN3O3S. The molecule has 6 nitrogen and oxygen atoms in total. The monoisotopic (exact) mass is 363 g/mol. The van der Waals surface area contributed by atoms with E-state index >= 15 is 0 Å². The molecule has 1 atom stereocenters. The average molecular weight is 363 g/mol. The molecule has 1 fully saturated rings. The maximum Gasteiger partial charge on any atom is 1.00 e. The molecule has 0 bridgehead atoms. The summed E-state index contributed by atoms with van der Waals surface area (Å²) in [6.07, 6.45) is 2.26. The van der Waals surface area contributed by atoms with Crippen LogP contribution in [0.4, 0.5) is 10.6 Å². The van der Waals surface area contributed by atoms with Gasteiger partial charge in [-0.25, -0.2) is 4.98 Å². The quantitative estimate of drug-likeness (QED) is 0.658. The fourth-order valence-electron chi connectivity index (χ4n) is 2.42. The number of imide groups is 1. The first-order chi connectivity index (χ1) is 12.1. The second-order valence-corrected chi connectivity index (χ2v) is 6.78. The van der Waals surface area contributed by atoms with Gasteiger partial charge in [-0.05, 0) is 36.2 Å². The Morgan fingerprint density at radius 3 is 2.58 bits per heavy atom. The molecule has 2 aromatic rings. The molecule has 0 aliphatic carbocycles. The third-order valence-electron chi connectivity index (χ3n) is 3.80. The van der Waals surface area contributed by atoms with Crippen LogP contribution in [0.3, 0.4) is 0 Å². The van der Waals surface area contributed by atoms with Gasteiger partial charge in [0, 0.05) is 13.2 Å². The standard InChI is InChI=1S/C18H19N3O3S.Li/c1-21(16-4-2-3-9-19-16)10-11-24-14-7-5-13(6-8-14)12-15-17(22)20-18(23)25-15;/h2-9,15H,10-12H2,1H3,(H,20,22,23);/q;+1/p-1. The zero-order valence-corrected chi connectivity index (χ0v) is 15.6. The Labute approximate surface area is 168 Å². The number of hydrogen-bond donors (Lipinski definition) is 0. The Balaban J connectivity index is 0.00000243. The van der Waals surface area contributed by atoms with E-state index in [1.54, 1.807) is 6.20 Å². The van der Waals surface area contributed by atoms with E-state index in [2.05, 4.69) is 10.3 Å². The van der Waals surface area contributed by atoms with Crippen molar-refractivity contribution in [1.82, 2.24) is 4.98 Å². The summed E-state index contributed by atoms with van der Waals surface area (Å²) in [5.74, 6) is 1.33. The number of amides is 2. The van der Waals surface area contributed by atoms with Gasteiger partial charge in [-0.15, -0.1) is 0 Å². The topological polar surface area (TPSA) is 73.6 Å². The molecule has 0 saturated carbocycles. The maximum absolute atomic E-state index is 11.5. The number of anilines is 1. The second kappa shape index (κ2) is 9.67. The minimum Gasteiger partial charge on any atom is -0.585 e. The van der Waals surface area contributed by atoms with Crippen LogP contribution in [0.1, 0.15) is 5.56 Å². The van der Waals surface area contributed by atoms with Crippen molar-refractivity contribution in [2.24, 2.45) is 0 Å². The minimum absolute atomic E-state index is 0. The number of benzene rings is 1. The van der Waals surface area contributed by atoms with Crippen molar-refractivity contribution in [1.29, 1.82) is 0 Å². The fraction of sp³-hybridized carbons (Fsp3) is 0.278. The molecule has 8 heteroatoms. The Morgan fingerprint density at radius 2 is 1.96 bits per heavy atom. The van der Waals surface area contributed by atoms with E-state index in [4.69, 9.17) is 4.74 Å². The molecule has 0 radical (unpaired) electrons. The van der Waals surface area contributed by atoms with Gasteiger partial charge in [0.1, 0.15) is 23.4 Å². The molecule has 1 aromatic heterocycles. The van der Waals surface area contributed by atoms with E-state index in [1.807, 2.05) is 54.4 Å². The third kappa shape index (κ3) is 5.53. The van der Waals surface area contributed by atoms with Crippen LogP contribution in [0, 0.1) is 0 Å². The molecule has 0 N–H and O–H groups in total. The minimum atomic E-state index is -0.397. The first-order valence-electron chi connectivity index (χ1n) is 7.92. The van der Waals surface area contributed by atoms with Crippen molar-refractivity contribution in [3.63, 3.8) is 0 Å². The number of pyridine rings is 1. The molecule has 26 heavy (non-hydrogen) atoms. The molecule has 2 amide bonds. The summed E-state index contributed by atoms with van der Waals surface area (Å²) in [5, 5.41) is 2.62. The smallest absolute Gasteiger partial charge is 0.585 e. The van der Waals surface area contributed by atoms with Crippen molar-refractivity contribution in [2.45, 2.75) is 11.7 Å². The second-order valence-electron chi connectivity index (χ2n) is 5.63. The first kappa shape index (κ1) is 20.4. The first-order valence-corrected chi connectivity index (χ1v) is 8.80. The summed E-state index contributed by atoms with van der Waals surface area (Å²) in [6.45, 7) is 1.26. The average Bonchev–Trinajstić information content (AvgIpc) is 2.94. The summed E-state index contributed by atoms with van der Waals surface area (Å²) < 4.78 is 5.75. The molecule has 130 valence electrons. The van der Waals surface area contributed by atoms with E-state index in [0.29, 0.717) is 13.0 Å². The SMILES string of the molecule is CN(CCOc1ccc(CC2SC(=O)[N-]C2=O)cc1)c1ccccn1.[Li+]. The molecule has 3 rings (SSSR count). The number of carbonyl (C=O) groups excluding carboxylic acids is 2. The predicted molar refractivity (Wildman–Crippen MR) is 98.3 cm³/mol. The van der Waals surface area contributed by atoms with Crippen molar-refractivity contribution < 1.29 is 33.2 Å². The maximum atomic E-state index is 11.5. The molecule has 2 heterocycles.